The molecule has 3 aromatic heterocycles. The molecule has 6 aromatic carbocycles. The second-order valence-electron chi connectivity index (χ2n) is 35.0. The molecule has 7 N–H and O–H groups in total. The maximum absolute atomic E-state index is 13.8. The maximum Gasteiger partial charge on any atom is 0.254 e. The highest BCUT2D eigenvalue weighted by Crippen LogP contribution is 2.46. The Morgan fingerprint density at radius 2 is 0.889 bits per heavy atom. The number of ether oxygens (including phenoxy) is 3. The van der Waals surface area contributed by atoms with Gasteiger partial charge in [-0.2, -0.15) is 15.0 Å². The lowest BCUT2D eigenvalue weighted by molar-refractivity contribution is 0.00844. The highest BCUT2D eigenvalue weighted by Gasteiger charge is 2.48. The van der Waals surface area contributed by atoms with Gasteiger partial charge in [-0.1, -0.05) is 66.0 Å². The molecular weight excluding hydrogens is 1700 g/mol. The third-order valence-corrected chi connectivity index (χ3v) is 31.4. The highest BCUT2D eigenvalue weighted by atomic mass is 35.5. The fourth-order valence-electron chi connectivity index (χ4n) is 17.5. The number of hydrogen-bond donors (Lipinski definition) is 7. The van der Waals surface area contributed by atoms with E-state index in [9.17, 15) is 39.6 Å². The molecule has 668 valence electrons. The number of carbonyl (C=O) groups excluding carboxylic acids is 3. The van der Waals surface area contributed by atoms with Crippen LogP contribution in [0.15, 0.2) is 149 Å². The molecule has 0 saturated carbocycles. The van der Waals surface area contributed by atoms with Crippen molar-refractivity contribution in [1.29, 1.82) is 0 Å². The number of benzene rings is 6. The fraction of sp³-hybridized carbons (Fsp3) is 0.440. The van der Waals surface area contributed by atoms with Crippen molar-refractivity contribution in [3.05, 3.63) is 177 Å². The van der Waals surface area contributed by atoms with Crippen LogP contribution in [-0.4, -0.2) is 202 Å². The number of nitrogens with one attached hydrogen (secondary N) is 7. The van der Waals surface area contributed by atoms with Gasteiger partial charge in [0.1, 0.15) is 33.1 Å². The van der Waals surface area contributed by atoms with Crippen LogP contribution in [0.1, 0.15) is 169 Å². The molecule has 126 heavy (non-hydrogen) atoms. The molecule has 35 heteroatoms. The van der Waals surface area contributed by atoms with Gasteiger partial charge >= 0.3 is 0 Å². The summed E-state index contributed by atoms with van der Waals surface area (Å²) in [7, 11) is -8.43. The first-order valence-corrected chi connectivity index (χ1v) is 48.5. The number of amides is 3. The zero-order valence-electron chi connectivity index (χ0n) is 73.0. The van der Waals surface area contributed by atoms with E-state index < -0.39 is 45.3 Å². The van der Waals surface area contributed by atoms with Crippen molar-refractivity contribution in [2.24, 2.45) is 11.8 Å². The van der Waals surface area contributed by atoms with E-state index in [1.54, 1.807) is 133 Å². The van der Waals surface area contributed by atoms with Gasteiger partial charge < -0.3 is 71.0 Å². The molecule has 0 radical (unpaired) electrons. The number of carbonyl (C=O) groups is 3. The van der Waals surface area contributed by atoms with Crippen LogP contribution in [0.25, 0.3) is 0 Å². The Bertz CT molecular complexity index is 5980. The predicted octanol–water partition coefficient (Wildman–Crippen LogP) is 15.9. The van der Waals surface area contributed by atoms with Gasteiger partial charge in [0, 0.05) is 98.8 Å². The molecule has 6 saturated heterocycles. The number of piperidine rings is 4. The molecule has 12 heterocycles. The second kappa shape index (κ2) is 37.4. The van der Waals surface area contributed by atoms with Crippen LogP contribution in [0, 0.1) is 11.8 Å². The minimum atomic E-state index is -3.56. The van der Waals surface area contributed by atoms with Crippen LogP contribution >= 0.6 is 23.2 Å². The summed E-state index contributed by atoms with van der Waals surface area (Å²) in [5.41, 5.74) is 7.64. The first kappa shape index (κ1) is 90.3. The number of fused-ring (bicyclic) bond motifs is 8. The Labute approximate surface area is 747 Å². The summed E-state index contributed by atoms with van der Waals surface area (Å²) < 4.78 is 96.1. The number of anilines is 12. The van der Waals surface area contributed by atoms with Gasteiger partial charge in [-0.25, -0.2) is 40.2 Å². The minimum Gasteiger partial charge on any atom is -0.489 e. The zero-order chi connectivity index (χ0) is 89.5. The zero-order valence-corrected chi connectivity index (χ0v) is 77.0. The lowest BCUT2D eigenvalue weighted by Gasteiger charge is -2.48. The lowest BCUT2D eigenvalue weighted by atomic mass is 9.83. The maximum atomic E-state index is 13.8. The largest absolute Gasteiger partial charge is 0.489 e. The highest BCUT2D eigenvalue weighted by molar-refractivity contribution is 7.92. The average Bonchev–Trinajstić information content (AvgIpc) is 1.60. The number of aromatic nitrogens is 6. The van der Waals surface area contributed by atoms with Crippen molar-refractivity contribution >= 4 is 140 Å². The number of hydrogen-bond acceptors (Lipinski definition) is 27. The topological polar surface area (TPSA) is 359 Å². The standard InChI is InChI=1S/C32H40N6O4S.C31H37ClN6O4S.C28H33ClN6O4S/c1-19(2)42-28-15-21-18-38(27-16-22-9-8-11-26(27)37(22)5)31(39)23(21)17-25(28)35-32-33-14-13-30(36-32)34-24-10-6-7-12-29(24)43(40,41)20(3)4;1-18(2)42-27-13-21-16-38(26-17-37-11-9-20(26)10-12-37)30(39)22(21)14-25(27)35-31-33-15-23(32)29(36-31)34-24-7-5-6-8-28(24)43(40,41)19(3)4;1-16(2)39-24-9-19-15-35(14-18-11-30-12-18)27(36)20(19)10-23(24)33-28-31-13-21(29)26(34-28)32-22-7-5-6-8-25(22)40(37,38)17(3)4/h6-7,10,12-15,17,19-20,22,26-27H,8-9,11,16,18H2,1-5H3,(H2,33,34,35,36);5-8,13-15,18-20,26H,9-12,16-17H2,1-4H3,(H2,33,34,35,36);5-10,13,16-18,30H,11-12,14-15H2,1-4H3,(H2,31,32,33,34)/t;26-;/m.1./s1. The predicted molar refractivity (Wildman–Crippen MR) is 490 cm³/mol. The van der Waals surface area contributed by atoms with Crippen LogP contribution in [-0.2, 0) is 49.1 Å². The molecule has 3 unspecified atom stereocenters. The Morgan fingerprint density at radius 3 is 1.30 bits per heavy atom. The normalized spacial score (nSPS) is 19.7. The van der Waals surface area contributed by atoms with Crippen LogP contribution in [0.5, 0.6) is 17.2 Å². The second-order valence-corrected chi connectivity index (χ2v) is 43.2. The average molecular weight is 1820 g/mol. The number of rotatable bonds is 28. The van der Waals surface area contributed by atoms with E-state index in [-0.39, 0.29) is 102 Å². The third-order valence-electron chi connectivity index (χ3n) is 24.2. The van der Waals surface area contributed by atoms with Crippen LogP contribution in [0.2, 0.25) is 10.0 Å². The van der Waals surface area contributed by atoms with E-state index in [0.29, 0.717) is 124 Å². The van der Waals surface area contributed by atoms with Crippen molar-refractivity contribution in [2.45, 2.75) is 214 Å². The molecular formula is C91H110Cl2N18O12S3. The SMILES string of the molecule is CC(C)Oc1cc2c(cc1Nc1ncc(Cl)c(Nc3ccccc3S(=O)(=O)C(C)C)n1)C(=O)N(CC1CNC1)C2.CC(C)Oc1cc2c(cc1Nc1ncc(Cl)c(Nc3ccccc3S(=O)(=O)C(C)C)n1)C(=O)N([C@@H]1CN3CCC1CC3)C2.CC(C)Oc1cc2c(cc1Nc1nccc(Nc3ccccc3S(=O)(=O)C(C)C)n1)C(=O)N(C1CC3CCCC1N3C)C2. The Kier molecular flexibility index (Phi) is 26.8. The number of halogens is 2. The molecule has 4 bridgehead atoms. The molecule has 30 nitrogen and oxygen atoms in total. The summed E-state index contributed by atoms with van der Waals surface area (Å²) in [5.74, 6) is 4.49. The molecule has 18 rings (SSSR count). The van der Waals surface area contributed by atoms with Gasteiger partial charge in [0.2, 0.25) is 17.8 Å². The molecule has 9 aliphatic rings. The Balaban J connectivity index is 0.000000146. The molecule has 0 spiro atoms. The summed E-state index contributed by atoms with van der Waals surface area (Å²) in [6.07, 6.45) is 11.0. The van der Waals surface area contributed by atoms with Crippen molar-refractivity contribution in [3.8, 4) is 17.2 Å². The van der Waals surface area contributed by atoms with E-state index in [4.69, 9.17) is 37.4 Å². The Hall–Kier alpha value is -10.5. The van der Waals surface area contributed by atoms with Gasteiger partial charge in [-0.15, -0.1) is 0 Å². The minimum absolute atomic E-state index is 0.0107. The van der Waals surface area contributed by atoms with Crippen LogP contribution < -0.4 is 51.4 Å². The van der Waals surface area contributed by atoms with Crippen molar-refractivity contribution in [1.82, 2.24) is 59.7 Å². The van der Waals surface area contributed by atoms with Gasteiger partial charge in [0.05, 0.1) is 95.3 Å². The molecule has 9 aliphatic heterocycles. The van der Waals surface area contributed by atoms with E-state index >= 15 is 0 Å². The van der Waals surface area contributed by atoms with Gasteiger partial charge in [-0.3, -0.25) is 19.3 Å². The first-order chi connectivity index (χ1) is 60.1. The Morgan fingerprint density at radius 1 is 0.468 bits per heavy atom. The van der Waals surface area contributed by atoms with Gasteiger partial charge in [0.25, 0.3) is 17.7 Å². The van der Waals surface area contributed by atoms with E-state index in [2.05, 4.69) is 88.9 Å². The van der Waals surface area contributed by atoms with Gasteiger partial charge in [0.15, 0.2) is 41.1 Å². The molecule has 9 aromatic rings. The summed E-state index contributed by atoms with van der Waals surface area (Å²) in [6, 6.07) is 34.4. The monoisotopic (exact) mass is 1810 g/mol. The van der Waals surface area contributed by atoms with Gasteiger partial charge in [-0.05, 0) is 237 Å². The molecule has 0 aliphatic carbocycles. The molecule has 6 fully saturated rings. The van der Waals surface area contributed by atoms with Crippen LogP contribution in [0.3, 0.4) is 0 Å². The number of sulfone groups is 3. The van der Waals surface area contributed by atoms with E-state index in [1.807, 2.05) is 81.7 Å². The third kappa shape index (κ3) is 19.3. The van der Waals surface area contributed by atoms with Crippen molar-refractivity contribution in [3.63, 3.8) is 0 Å². The number of para-hydroxylation sites is 3. The summed E-state index contributed by atoms with van der Waals surface area (Å²) in [4.78, 5) is 78.9. The molecule has 4 atom stereocenters. The summed E-state index contributed by atoms with van der Waals surface area (Å²) in [5, 5.41) is 20.9. The van der Waals surface area contributed by atoms with Crippen molar-refractivity contribution < 1.29 is 53.8 Å². The van der Waals surface area contributed by atoms with E-state index in [0.717, 1.165) is 75.1 Å². The summed E-state index contributed by atoms with van der Waals surface area (Å²) in [6.45, 7) is 29.0. The first-order valence-electron chi connectivity index (χ1n) is 43.1. The number of nitrogens with zero attached hydrogens (tertiary/aromatic N) is 11. The van der Waals surface area contributed by atoms with Crippen LogP contribution in [0.4, 0.5) is 69.4 Å². The quantitative estimate of drug-likeness (QED) is 0.0239. The lowest BCUT2D eigenvalue weighted by Crippen LogP contribution is -2.57. The smallest absolute Gasteiger partial charge is 0.254 e. The van der Waals surface area contributed by atoms with Crippen molar-refractivity contribution in [2.75, 3.05) is 78.2 Å². The number of likely N-dealkylation sites (N-methyl/N-ethyl adjacent to an activating group) is 1. The summed E-state index contributed by atoms with van der Waals surface area (Å²) >= 11 is 12.9. The fourth-order valence-corrected chi connectivity index (χ4v) is 21.4. The van der Waals surface area contributed by atoms with E-state index in [1.165, 1.54) is 25.2 Å². The molecule has 3 amide bonds.